The molecule has 0 aliphatic rings. The minimum atomic E-state index is -0.371. The Morgan fingerprint density at radius 2 is 1.49 bits per heavy atom. The maximum Gasteiger partial charge on any atom is 0.228 e. The summed E-state index contributed by atoms with van der Waals surface area (Å²) in [6.07, 6.45) is 1.31. The van der Waals surface area contributed by atoms with Crippen LogP contribution in [-0.4, -0.2) is 20.7 Å². The molecule has 0 bridgehead atoms. The molecule has 5 rings (SSSR count). The van der Waals surface area contributed by atoms with Crippen LogP contribution in [-0.2, 0) is 17.0 Å². The molecule has 5 aromatic rings. The minimum absolute atomic E-state index is 0.00736. The molecule has 1 heterocycles. The number of benzene rings is 4. The fraction of sp³-hybridized carbons (Fsp3) is 0.229. The van der Waals surface area contributed by atoms with Gasteiger partial charge in [0.05, 0.1) is 12.0 Å². The van der Waals surface area contributed by atoms with Gasteiger partial charge in [-0.15, -0.1) is 10.2 Å². The molecule has 0 aliphatic heterocycles. The lowest BCUT2D eigenvalue weighted by molar-refractivity contribution is -0.123. The molecule has 0 saturated heterocycles. The van der Waals surface area contributed by atoms with Crippen LogP contribution in [0.3, 0.4) is 0 Å². The second kappa shape index (κ2) is 13.5. The number of aromatic nitrogens is 3. The van der Waals surface area contributed by atoms with Gasteiger partial charge in [-0.25, -0.2) is 0 Å². The molecule has 0 radical (unpaired) electrons. The van der Waals surface area contributed by atoms with Crippen LogP contribution in [0.1, 0.15) is 58.9 Å². The van der Waals surface area contributed by atoms with Gasteiger partial charge in [0.15, 0.2) is 11.0 Å². The molecular weight excluding hydrogens is 524 g/mol. The molecule has 1 N–H and O–H groups in total. The van der Waals surface area contributed by atoms with Gasteiger partial charge in [0.25, 0.3) is 0 Å². The first-order valence-corrected chi connectivity index (χ1v) is 15.1. The number of rotatable bonds is 11. The first-order valence-electron chi connectivity index (χ1n) is 14.1. The molecule has 6 heteroatoms. The van der Waals surface area contributed by atoms with Crippen molar-refractivity contribution >= 4 is 17.7 Å². The van der Waals surface area contributed by atoms with Crippen molar-refractivity contribution in [2.45, 2.75) is 56.5 Å². The molecule has 208 valence electrons. The van der Waals surface area contributed by atoms with Crippen LogP contribution in [0.25, 0.3) is 5.69 Å². The van der Waals surface area contributed by atoms with Gasteiger partial charge < -0.3 is 5.32 Å². The summed E-state index contributed by atoms with van der Waals surface area (Å²) in [6, 6.07) is 36.8. The molecule has 5 nitrogen and oxygen atoms in total. The molecule has 1 aromatic heterocycles. The van der Waals surface area contributed by atoms with Crippen molar-refractivity contribution in [3.05, 3.63) is 143 Å². The summed E-state index contributed by atoms with van der Waals surface area (Å²) in [5, 5.41) is 13.6. The zero-order valence-electron chi connectivity index (χ0n) is 23.8. The van der Waals surface area contributed by atoms with E-state index in [1.165, 1.54) is 16.7 Å². The fourth-order valence-corrected chi connectivity index (χ4v) is 5.98. The van der Waals surface area contributed by atoms with Gasteiger partial charge in [-0.1, -0.05) is 127 Å². The lowest BCUT2D eigenvalue weighted by atomic mass is 9.94. The summed E-state index contributed by atoms with van der Waals surface area (Å²) < 4.78 is 2.11. The van der Waals surface area contributed by atoms with E-state index < -0.39 is 0 Å². The summed E-state index contributed by atoms with van der Waals surface area (Å²) >= 11 is 1.66. The van der Waals surface area contributed by atoms with E-state index in [9.17, 15) is 4.79 Å². The zero-order chi connectivity index (χ0) is 28.6. The Hall–Kier alpha value is -4.16. The van der Waals surface area contributed by atoms with E-state index in [2.05, 4.69) is 96.4 Å². The predicted molar refractivity (Wildman–Crippen MR) is 167 cm³/mol. The van der Waals surface area contributed by atoms with Gasteiger partial charge in [-0.2, -0.15) is 0 Å². The number of amides is 1. The van der Waals surface area contributed by atoms with Gasteiger partial charge in [0, 0.05) is 11.4 Å². The average Bonchev–Trinajstić information content (AvgIpc) is 3.41. The molecule has 2 unspecified atom stereocenters. The van der Waals surface area contributed by atoms with Crippen molar-refractivity contribution in [2.24, 2.45) is 0 Å². The third kappa shape index (κ3) is 7.14. The van der Waals surface area contributed by atoms with E-state index >= 15 is 0 Å². The third-order valence-electron chi connectivity index (χ3n) is 7.24. The van der Waals surface area contributed by atoms with E-state index in [0.29, 0.717) is 12.8 Å². The van der Waals surface area contributed by atoms with Gasteiger partial charge >= 0.3 is 0 Å². The topological polar surface area (TPSA) is 59.8 Å². The van der Waals surface area contributed by atoms with Gasteiger partial charge in [-0.05, 0) is 55.5 Å². The molecule has 1 amide bonds. The Bertz CT molecular complexity index is 1570. The van der Waals surface area contributed by atoms with Crippen LogP contribution in [0.15, 0.2) is 114 Å². The van der Waals surface area contributed by atoms with Gasteiger partial charge in [-0.3, -0.25) is 9.36 Å². The Morgan fingerprint density at radius 3 is 2.17 bits per heavy atom. The second-order valence-electron chi connectivity index (χ2n) is 10.4. The number of hydrogen-bond acceptors (Lipinski definition) is 4. The van der Waals surface area contributed by atoms with Crippen LogP contribution in [0.4, 0.5) is 0 Å². The van der Waals surface area contributed by atoms with Crippen LogP contribution < -0.4 is 5.32 Å². The van der Waals surface area contributed by atoms with Crippen LogP contribution >= 0.6 is 11.8 Å². The van der Waals surface area contributed by atoms with E-state index in [1.807, 2.05) is 48.5 Å². The van der Waals surface area contributed by atoms with Crippen LogP contribution in [0.5, 0.6) is 0 Å². The molecule has 0 spiro atoms. The van der Waals surface area contributed by atoms with E-state index in [-0.39, 0.29) is 17.9 Å². The highest BCUT2D eigenvalue weighted by atomic mass is 32.2. The normalized spacial score (nSPS) is 12.6. The summed E-state index contributed by atoms with van der Waals surface area (Å²) in [5.74, 6) is 1.24. The SMILES string of the molecule is CCC(C(=O)NC(Cc1ccccc1)c1nnc(SCc2cccc(C)c2)n1-c1ccc(C)cc1)c1ccccc1. The number of carbonyl (C=O) groups is 1. The maximum absolute atomic E-state index is 13.8. The zero-order valence-corrected chi connectivity index (χ0v) is 24.6. The largest absolute Gasteiger partial charge is 0.345 e. The van der Waals surface area contributed by atoms with Gasteiger partial charge in [0.2, 0.25) is 5.91 Å². The Balaban J connectivity index is 1.53. The third-order valence-corrected chi connectivity index (χ3v) is 8.24. The van der Waals surface area contributed by atoms with Gasteiger partial charge in [0.1, 0.15) is 0 Å². The standard InChI is InChI=1S/C35H36N4OS/c1-4-31(29-16-9-6-10-17-29)34(40)36-32(23-27-13-7-5-8-14-27)33-37-38-35(39(33)30-20-18-25(2)19-21-30)41-24-28-15-11-12-26(3)22-28/h5-22,31-32H,4,23-24H2,1-3H3,(H,36,40). The number of carbonyl (C=O) groups excluding carboxylic acids is 1. The summed E-state index contributed by atoms with van der Waals surface area (Å²) in [5.41, 5.74) is 6.76. The monoisotopic (exact) mass is 560 g/mol. The van der Waals surface area contributed by atoms with Crippen molar-refractivity contribution < 1.29 is 4.79 Å². The summed E-state index contributed by atoms with van der Waals surface area (Å²) in [7, 11) is 0. The first-order chi connectivity index (χ1) is 20.0. The predicted octanol–water partition coefficient (Wildman–Crippen LogP) is 7.77. The Labute approximate surface area is 247 Å². The summed E-state index contributed by atoms with van der Waals surface area (Å²) in [4.78, 5) is 13.8. The van der Waals surface area contributed by atoms with Crippen LogP contribution in [0, 0.1) is 13.8 Å². The van der Waals surface area contributed by atoms with Crippen molar-refractivity contribution in [1.82, 2.24) is 20.1 Å². The smallest absolute Gasteiger partial charge is 0.228 e. The Kier molecular flexibility index (Phi) is 9.32. The molecule has 0 aliphatic carbocycles. The van der Waals surface area contributed by atoms with Crippen molar-refractivity contribution in [3.63, 3.8) is 0 Å². The fourth-order valence-electron chi connectivity index (χ4n) is 5.07. The molecule has 41 heavy (non-hydrogen) atoms. The lowest BCUT2D eigenvalue weighted by Crippen LogP contribution is -2.35. The second-order valence-corrected chi connectivity index (χ2v) is 11.4. The van der Waals surface area contributed by atoms with E-state index in [0.717, 1.165) is 33.5 Å². The number of nitrogens with zero attached hydrogens (tertiary/aromatic N) is 3. The lowest BCUT2D eigenvalue weighted by Gasteiger charge is -2.23. The van der Waals surface area contributed by atoms with E-state index in [4.69, 9.17) is 5.10 Å². The molecule has 2 atom stereocenters. The van der Waals surface area contributed by atoms with Crippen molar-refractivity contribution in [2.75, 3.05) is 0 Å². The number of nitrogens with one attached hydrogen (secondary N) is 1. The van der Waals surface area contributed by atoms with Crippen LogP contribution in [0.2, 0.25) is 0 Å². The average molecular weight is 561 g/mol. The highest BCUT2D eigenvalue weighted by molar-refractivity contribution is 7.98. The number of thioether (sulfide) groups is 1. The highest BCUT2D eigenvalue weighted by Gasteiger charge is 2.28. The number of hydrogen-bond donors (Lipinski definition) is 1. The van der Waals surface area contributed by atoms with Crippen molar-refractivity contribution in [1.29, 1.82) is 0 Å². The summed E-state index contributed by atoms with van der Waals surface area (Å²) in [6.45, 7) is 6.24. The molecule has 0 saturated carbocycles. The number of aryl methyl sites for hydroxylation is 2. The maximum atomic E-state index is 13.8. The molecular formula is C35H36N4OS. The minimum Gasteiger partial charge on any atom is -0.345 e. The molecule has 0 fully saturated rings. The highest BCUT2D eigenvalue weighted by Crippen LogP contribution is 2.30. The van der Waals surface area contributed by atoms with Crippen molar-refractivity contribution in [3.8, 4) is 5.69 Å². The molecule has 4 aromatic carbocycles. The van der Waals surface area contributed by atoms with E-state index in [1.54, 1.807) is 11.8 Å². The first kappa shape index (κ1) is 28.4. The quantitative estimate of drug-likeness (QED) is 0.168. The Morgan fingerprint density at radius 1 is 0.805 bits per heavy atom.